The van der Waals surface area contributed by atoms with Crippen LogP contribution in [0.4, 0.5) is 11.6 Å². The van der Waals surface area contributed by atoms with Crippen LogP contribution in [-0.4, -0.2) is 60.3 Å². The number of hydrogen-bond acceptors (Lipinski definition) is 6. The molecule has 0 amide bonds. The molecule has 0 saturated carbocycles. The molecular formula is C42H38N8O2Si. The van der Waals surface area contributed by atoms with E-state index in [2.05, 4.69) is 142 Å². The molecule has 2 atom stereocenters. The van der Waals surface area contributed by atoms with Gasteiger partial charge in [0.25, 0.3) is 0 Å². The van der Waals surface area contributed by atoms with E-state index in [9.17, 15) is 0 Å². The molecule has 262 valence electrons. The molecule has 0 radical (unpaired) electrons. The van der Waals surface area contributed by atoms with E-state index in [0.29, 0.717) is 0 Å². The molecule has 8 heterocycles. The molecule has 0 aliphatic carbocycles. The number of amidine groups is 4. The summed E-state index contributed by atoms with van der Waals surface area (Å²) in [5.41, 5.74) is 5.52. The van der Waals surface area contributed by atoms with Crippen LogP contribution in [0.5, 0.6) is 0 Å². The Hall–Kier alpha value is -5.62. The van der Waals surface area contributed by atoms with Crippen molar-refractivity contribution in [2.75, 3.05) is 0 Å². The van der Waals surface area contributed by atoms with Gasteiger partial charge in [0.2, 0.25) is 0 Å². The second-order valence-electron chi connectivity index (χ2n) is 15.4. The monoisotopic (exact) mass is 714 g/mol. The van der Waals surface area contributed by atoms with Crippen molar-refractivity contribution in [3.63, 3.8) is 0 Å². The van der Waals surface area contributed by atoms with Gasteiger partial charge >= 0.3 is 306 Å². The summed E-state index contributed by atoms with van der Waals surface area (Å²) in [5.74, 6) is 4.62. The van der Waals surface area contributed by atoms with Gasteiger partial charge in [-0.3, -0.25) is 0 Å². The van der Waals surface area contributed by atoms with E-state index in [1.165, 1.54) is 0 Å². The van der Waals surface area contributed by atoms with Crippen LogP contribution in [0, 0.1) is 0 Å². The van der Waals surface area contributed by atoms with Gasteiger partial charge in [-0.25, -0.2) is 0 Å². The molecule has 4 aromatic carbocycles. The van der Waals surface area contributed by atoms with Crippen LogP contribution in [-0.2, 0) is 8.85 Å². The van der Waals surface area contributed by atoms with Crippen LogP contribution in [0.15, 0.2) is 117 Å². The van der Waals surface area contributed by atoms with Crippen molar-refractivity contribution in [1.29, 1.82) is 0 Å². The zero-order valence-corrected chi connectivity index (χ0v) is 31.1. The molecule has 11 heteroatoms. The number of fused-ring (bicyclic) bond motifs is 12. The van der Waals surface area contributed by atoms with Crippen LogP contribution in [0.3, 0.4) is 0 Å². The standard InChI is InChI=1S/C42H38N8O2Si/c1-5-15-25(3)51-53(52-26(4)16-6-2)47-35-27-17-7-8-18-28(27)36(47)44-38-31-21-11-12-22-32(31)40(49(38)53)46-42-34-24-14-13-23-33(34)41(50(42)53)45-39-30-20-10-9-19-29(30)37(43-35)48(39)53/h7-14,17-26H,5-6,15-16H2,1-4H3. The van der Waals surface area contributed by atoms with Crippen LogP contribution >= 0.6 is 0 Å². The van der Waals surface area contributed by atoms with Gasteiger partial charge in [-0.05, 0) is 0 Å². The molecule has 6 aliphatic heterocycles. The Morgan fingerprint density at radius 3 is 1.36 bits per heavy atom. The Balaban J connectivity index is 1.50. The summed E-state index contributed by atoms with van der Waals surface area (Å²) in [6.07, 6.45) is 2.91. The first-order valence-corrected chi connectivity index (χ1v) is 21.7. The number of hydrogen-bond donors (Lipinski definition) is 0. The summed E-state index contributed by atoms with van der Waals surface area (Å²) in [6, 6.07) is 34.1. The average Bonchev–Trinajstić information content (AvgIpc) is 3.88. The molecule has 2 aromatic heterocycles. The van der Waals surface area contributed by atoms with Crippen molar-refractivity contribution < 1.29 is 17.3 Å². The minimum atomic E-state index is -6.42. The number of aliphatic imine (C=N–C) groups is 2. The molecule has 0 saturated heterocycles. The van der Waals surface area contributed by atoms with Crippen molar-refractivity contribution in [3.05, 3.63) is 130 Å². The Bertz CT molecular complexity index is 2840. The predicted octanol–water partition coefficient (Wildman–Crippen LogP) is 6.74. The van der Waals surface area contributed by atoms with Crippen LogP contribution in [0.25, 0.3) is 21.5 Å². The summed E-state index contributed by atoms with van der Waals surface area (Å²) in [6.45, 7) is 8.85. The van der Waals surface area contributed by atoms with Gasteiger partial charge in [0.05, 0.1) is 0 Å². The van der Waals surface area contributed by atoms with E-state index in [1.807, 2.05) is 0 Å². The number of benzene rings is 4. The van der Waals surface area contributed by atoms with Crippen molar-refractivity contribution in [1.82, 2.24) is 8.47 Å². The van der Waals surface area contributed by atoms with Gasteiger partial charge in [-0.1, -0.05) is 0 Å². The summed E-state index contributed by atoms with van der Waals surface area (Å²) in [4.78, 5) is 22.8. The van der Waals surface area contributed by atoms with Gasteiger partial charge in [-0.15, -0.1) is 0 Å². The van der Waals surface area contributed by atoms with E-state index in [-0.39, 0.29) is 12.2 Å². The van der Waals surface area contributed by atoms with Gasteiger partial charge in [0.15, 0.2) is 0 Å². The SMILES string of the molecule is CCCC(C)O[Si-2]123(OC(C)CCC)n4c5c6ccccc6c4N=C4c6ccccc6C(=[N+]41)N=c1c4ccccc4c(n12)=NC1=[N+]3C(=N5)c2ccccc21. The Kier molecular flexibility index (Phi) is 5.24. The van der Waals surface area contributed by atoms with Gasteiger partial charge in [0, 0.05) is 0 Å². The molecule has 10 nitrogen and oxygen atoms in total. The molecule has 2 unspecified atom stereocenters. The number of aromatic nitrogens is 2. The fourth-order valence-corrected chi connectivity index (χ4v) is 20.0. The summed E-state index contributed by atoms with van der Waals surface area (Å²) >= 11 is 0. The normalized spacial score (nSPS) is 21.5. The molecule has 6 aliphatic rings. The topological polar surface area (TPSA) is 83.8 Å². The van der Waals surface area contributed by atoms with Gasteiger partial charge < -0.3 is 0 Å². The van der Waals surface area contributed by atoms with Crippen LogP contribution in [0.2, 0.25) is 0 Å². The number of nitrogens with zero attached hydrogens (tertiary/aromatic N) is 8. The molecular weight excluding hydrogens is 677 g/mol. The van der Waals surface area contributed by atoms with Crippen molar-refractivity contribution in [2.24, 2.45) is 20.0 Å². The van der Waals surface area contributed by atoms with Gasteiger partial charge in [0.1, 0.15) is 0 Å². The maximum absolute atomic E-state index is 8.56. The average molecular weight is 715 g/mol. The van der Waals surface area contributed by atoms with Crippen molar-refractivity contribution in [2.45, 2.75) is 65.6 Å². The van der Waals surface area contributed by atoms with E-state index in [1.54, 1.807) is 0 Å². The van der Waals surface area contributed by atoms with E-state index < -0.39 is 7.76 Å². The summed E-state index contributed by atoms with van der Waals surface area (Å²) in [5, 5.41) is 3.98. The quantitative estimate of drug-likeness (QED) is 0.164. The molecule has 0 fully saturated rings. The Labute approximate surface area is 305 Å². The second-order valence-corrected chi connectivity index (χ2v) is 20.5. The molecule has 6 aromatic rings. The van der Waals surface area contributed by atoms with Crippen LogP contribution in [0.1, 0.15) is 75.6 Å². The maximum atomic E-state index is 8.56. The van der Waals surface area contributed by atoms with Gasteiger partial charge in [-0.2, -0.15) is 0 Å². The summed E-state index contributed by atoms with van der Waals surface area (Å²) < 4.78 is 26.5. The van der Waals surface area contributed by atoms with E-state index >= 15 is 0 Å². The number of rotatable bonds is 8. The molecule has 1 spiro atoms. The second kappa shape index (κ2) is 9.29. The third-order valence-corrected chi connectivity index (χ3v) is 19.8. The zero-order valence-electron chi connectivity index (χ0n) is 30.1. The Morgan fingerprint density at radius 2 is 0.925 bits per heavy atom. The minimum absolute atomic E-state index is 0.277. The molecule has 0 N–H and O–H groups in total. The van der Waals surface area contributed by atoms with E-state index in [0.717, 1.165) is 115 Å². The van der Waals surface area contributed by atoms with E-state index in [4.69, 9.17) is 28.8 Å². The first-order chi connectivity index (χ1) is 25.9. The van der Waals surface area contributed by atoms with Crippen LogP contribution < -0.4 is 11.0 Å². The molecule has 12 rings (SSSR count). The third kappa shape index (κ3) is 2.87. The first-order valence-electron chi connectivity index (χ1n) is 19.0. The fourth-order valence-electron chi connectivity index (χ4n) is 10.8. The fraction of sp³-hybridized carbons (Fsp3) is 0.238. The Morgan fingerprint density at radius 1 is 0.528 bits per heavy atom. The van der Waals surface area contributed by atoms with Crippen molar-refractivity contribution >= 4 is 64.3 Å². The molecule has 53 heavy (non-hydrogen) atoms. The predicted molar refractivity (Wildman–Crippen MR) is 208 cm³/mol. The summed E-state index contributed by atoms with van der Waals surface area (Å²) in [7, 11) is -6.42. The molecule has 0 bridgehead atoms. The first kappa shape index (κ1) is 29.9. The zero-order chi connectivity index (χ0) is 35.5. The third-order valence-electron chi connectivity index (χ3n) is 12.4. The van der Waals surface area contributed by atoms with Crippen molar-refractivity contribution in [3.8, 4) is 0 Å².